The van der Waals surface area contributed by atoms with E-state index in [4.69, 9.17) is 0 Å². The van der Waals surface area contributed by atoms with Gasteiger partial charge in [-0.3, -0.25) is 4.79 Å². The smallest absolute Gasteiger partial charge is 0.336 e. The maximum Gasteiger partial charge on any atom is 0.336 e. The highest BCUT2D eigenvalue weighted by atomic mass is 16.4. The van der Waals surface area contributed by atoms with Gasteiger partial charge in [-0.1, -0.05) is 66.7 Å². The van der Waals surface area contributed by atoms with Crippen molar-refractivity contribution in [1.29, 1.82) is 0 Å². The minimum atomic E-state index is -1.83. The summed E-state index contributed by atoms with van der Waals surface area (Å²) >= 11 is 0. The topological polar surface area (TPSA) is 124 Å². The average molecular weight is 419 g/mol. The van der Waals surface area contributed by atoms with Crippen LogP contribution in [0.4, 0.5) is 0 Å². The van der Waals surface area contributed by atoms with Crippen LogP contribution in [0, 0.1) is 0 Å². The average Bonchev–Trinajstić information content (AvgIpc) is 2.78. The molecule has 0 aliphatic heterocycles. The van der Waals surface area contributed by atoms with Crippen molar-refractivity contribution >= 4 is 17.8 Å². The maximum atomic E-state index is 12.8. The predicted molar refractivity (Wildman–Crippen MR) is 114 cm³/mol. The van der Waals surface area contributed by atoms with E-state index in [1.807, 2.05) is 6.07 Å². The highest BCUT2D eigenvalue weighted by Crippen LogP contribution is 2.25. The lowest BCUT2D eigenvalue weighted by Gasteiger charge is -2.22. The van der Waals surface area contributed by atoms with Crippen LogP contribution in [-0.2, 0) is 11.2 Å². The molecular weight excluding hydrogens is 398 g/mol. The summed E-state index contributed by atoms with van der Waals surface area (Å²) in [6.07, 6.45) is -1.74. The lowest BCUT2D eigenvalue weighted by atomic mass is 9.96. The number of rotatable bonds is 8. The third kappa shape index (κ3) is 5.34. The number of nitrogens with one attached hydrogen (secondary N) is 1. The summed E-state index contributed by atoms with van der Waals surface area (Å²) in [5.74, 6) is -3.34. The number of aromatic carboxylic acids is 1. The molecule has 2 unspecified atom stereocenters. The number of aliphatic hydroxyl groups excluding tert-OH is 1. The Morgan fingerprint density at radius 2 is 1.45 bits per heavy atom. The molecule has 3 aromatic carbocycles. The van der Waals surface area contributed by atoms with Gasteiger partial charge in [0.25, 0.3) is 5.91 Å². The zero-order valence-electron chi connectivity index (χ0n) is 16.4. The van der Waals surface area contributed by atoms with Gasteiger partial charge in [0.1, 0.15) is 0 Å². The second-order valence-electron chi connectivity index (χ2n) is 6.98. The van der Waals surface area contributed by atoms with Gasteiger partial charge < -0.3 is 20.6 Å². The van der Waals surface area contributed by atoms with Crippen LogP contribution in [0.5, 0.6) is 0 Å². The van der Waals surface area contributed by atoms with Crippen molar-refractivity contribution in [3.8, 4) is 11.1 Å². The highest BCUT2D eigenvalue weighted by Gasteiger charge is 2.28. The molecule has 0 heterocycles. The number of benzene rings is 3. The second kappa shape index (κ2) is 9.69. The van der Waals surface area contributed by atoms with E-state index in [9.17, 15) is 29.7 Å². The van der Waals surface area contributed by atoms with Crippen LogP contribution in [0.15, 0.2) is 78.9 Å². The van der Waals surface area contributed by atoms with Crippen LogP contribution in [0.1, 0.15) is 26.3 Å². The minimum Gasteiger partial charge on any atom is -0.479 e. The van der Waals surface area contributed by atoms with Crippen molar-refractivity contribution < 1.29 is 29.7 Å². The molecule has 3 aromatic rings. The summed E-state index contributed by atoms with van der Waals surface area (Å²) in [5, 5.41) is 31.4. The van der Waals surface area contributed by atoms with Gasteiger partial charge >= 0.3 is 11.9 Å². The van der Waals surface area contributed by atoms with E-state index in [-0.39, 0.29) is 17.5 Å². The molecule has 0 fully saturated rings. The molecule has 0 radical (unpaired) electrons. The third-order valence-corrected chi connectivity index (χ3v) is 4.85. The Morgan fingerprint density at radius 3 is 2.03 bits per heavy atom. The highest BCUT2D eigenvalue weighted by molar-refractivity contribution is 6.01. The van der Waals surface area contributed by atoms with Crippen LogP contribution >= 0.6 is 0 Å². The largest absolute Gasteiger partial charge is 0.479 e. The van der Waals surface area contributed by atoms with E-state index in [2.05, 4.69) is 5.32 Å². The summed E-state index contributed by atoms with van der Waals surface area (Å²) in [6, 6.07) is 20.9. The standard InChI is InChI=1S/C24H21NO6/c26-21(24(30)31)20(13-15-7-3-1-4-8-15)25-22(27)17-11-12-18(19(14-17)23(28)29)16-9-5-2-6-10-16/h1-12,14,20-21,26H,13H2,(H,25,27)(H,28,29)(H,30,31). The van der Waals surface area contributed by atoms with Crippen molar-refractivity contribution in [3.63, 3.8) is 0 Å². The van der Waals surface area contributed by atoms with Crippen molar-refractivity contribution in [2.45, 2.75) is 18.6 Å². The third-order valence-electron chi connectivity index (χ3n) is 4.85. The number of amides is 1. The number of carbonyl (C=O) groups is 3. The number of carboxylic acid groups (broad SMARTS) is 2. The minimum absolute atomic E-state index is 0.0488. The summed E-state index contributed by atoms with van der Waals surface area (Å²) < 4.78 is 0. The molecule has 158 valence electrons. The van der Waals surface area contributed by atoms with Crippen LogP contribution in [0.25, 0.3) is 11.1 Å². The fraction of sp³-hybridized carbons (Fsp3) is 0.125. The molecular formula is C24H21NO6. The molecule has 0 aliphatic rings. The molecule has 0 spiro atoms. The molecule has 2 atom stereocenters. The van der Waals surface area contributed by atoms with Crippen molar-refractivity contribution in [1.82, 2.24) is 5.32 Å². The number of carbonyl (C=O) groups excluding carboxylic acids is 1. The molecule has 4 N–H and O–H groups in total. The Morgan fingerprint density at radius 1 is 0.839 bits per heavy atom. The van der Waals surface area contributed by atoms with Gasteiger partial charge in [0, 0.05) is 5.56 Å². The zero-order chi connectivity index (χ0) is 22.4. The molecule has 0 bridgehead atoms. The van der Waals surface area contributed by atoms with Crippen molar-refractivity contribution in [3.05, 3.63) is 95.6 Å². The molecule has 3 rings (SSSR count). The molecule has 7 nitrogen and oxygen atoms in total. The summed E-state index contributed by atoms with van der Waals surface area (Å²) in [6.45, 7) is 0. The number of carboxylic acids is 2. The predicted octanol–water partition coefficient (Wildman–Crippen LogP) is 2.84. The summed E-state index contributed by atoms with van der Waals surface area (Å²) in [4.78, 5) is 35.9. The zero-order valence-corrected chi connectivity index (χ0v) is 16.4. The fourth-order valence-corrected chi connectivity index (χ4v) is 3.27. The van der Waals surface area contributed by atoms with Gasteiger partial charge in [0.05, 0.1) is 11.6 Å². The first-order valence-corrected chi connectivity index (χ1v) is 9.55. The summed E-state index contributed by atoms with van der Waals surface area (Å²) in [7, 11) is 0. The Bertz CT molecular complexity index is 1080. The van der Waals surface area contributed by atoms with E-state index < -0.39 is 30.0 Å². The van der Waals surface area contributed by atoms with Crippen molar-refractivity contribution in [2.24, 2.45) is 0 Å². The summed E-state index contributed by atoms with van der Waals surface area (Å²) in [5.41, 5.74) is 1.87. The maximum absolute atomic E-state index is 12.8. The molecule has 31 heavy (non-hydrogen) atoms. The van der Waals surface area contributed by atoms with Crippen LogP contribution < -0.4 is 5.32 Å². The Hall–Kier alpha value is -3.97. The first-order chi connectivity index (χ1) is 14.9. The lowest BCUT2D eigenvalue weighted by molar-refractivity contribution is -0.148. The van der Waals surface area contributed by atoms with E-state index in [0.29, 0.717) is 11.1 Å². The van der Waals surface area contributed by atoms with Gasteiger partial charge in [-0.25, -0.2) is 9.59 Å². The number of aliphatic carboxylic acids is 1. The molecule has 7 heteroatoms. The number of hydrogen-bond donors (Lipinski definition) is 4. The van der Waals surface area contributed by atoms with Crippen LogP contribution in [0.3, 0.4) is 0 Å². The van der Waals surface area contributed by atoms with Crippen LogP contribution in [-0.4, -0.2) is 45.3 Å². The first kappa shape index (κ1) is 21.7. The van der Waals surface area contributed by atoms with Crippen LogP contribution in [0.2, 0.25) is 0 Å². The fourth-order valence-electron chi connectivity index (χ4n) is 3.27. The number of aliphatic hydroxyl groups is 1. The lowest BCUT2D eigenvalue weighted by Crippen LogP contribution is -2.48. The van der Waals surface area contributed by atoms with Gasteiger partial charge in [-0.15, -0.1) is 0 Å². The van der Waals surface area contributed by atoms with E-state index in [0.717, 1.165) is 5.56 Å². The van der Waals surface area contributed by atoms with Gasteiger partial charge in [-0.05, 0) is 35.2 Å². The Kier molecular flexibility index (Phi) is 6.79. The molecule has 1 amide bonds. The normalized spacial score (nSPS) is 12.5. The Balaban J connectivity index is 1.88. The molecule has 0 saturated heterocycles. The number of hydrogen-bond acceptors (Lipinski definition) is 4. The first-order valence-electron chi connectivity index (χ1n) is 9.55. The molecule has 0 aliphatic carbocycles. The SMILES string of the molecule is O=C(NC(Cc1ccccc1)C(O)C(=O)O)c1ccc(-c2ccccc2)c(C(=O)O)c1. The monoisotopic (exact) mass is 419 g/mol. The van der Waals surface area contributed by atoms with E-state index >= 15 is 0 Å². The van der Waals surface area contributed by atoms with E-state index in [1.165, 1.54) is 18.2 Å². The van der Waals surface area contributed by atoms with Crippen molar-refractivity contribution in [2.75, 3.05) is 0 Å². The molecule has 0 aromatic heterocycles. The van der Waals surface area contributed by atoms with Gasteiger partial charge in [-0.2, -0.15) is 0 Å². The van der Waals surface area contributed by atoms with E-state index in [1.54, 1.807) is 54.6 Å². The van der Waals surface area contributed by atoms with Gasteiger partial charge in [0.15, 0.2) is 6.10 Å². The van der Waals surface area contributed by atoms with Gasteiger partial charge in [0.2, 0.25) is 0 Å². The quantitative estimate of drug-likeness (QED) is 0.445. The Labute approximate surface area is 178 Å². The second-order valence-corrected chi connectivity index (χ2v) is 6.98. The molecule has 0 saturated carbocycles.